The molecule has 0 atom stereocenters. The number of aliphatic hydroxyl groups is 1. The van der Waals surface area contributed by atoms with Gasteiger partial charge in [-0.3, -0.25) is 13.8 Å². The molecule has 4 heterocycles. The van der Waals surface area contributed by atoms with Crippen LogP contribution in [0.3, 0.4) is 0 Å². The zero-order valence-corrected chi connectivity index (χ0v) is 23.4. The molecule has 0 bridgehead atoms. The van der Waals surface area contributed by atoms with Crippen molar-refractivity contribution in [2.75, 3.05) is 0 Å². The second-order valence-corrected chi connectivity index (χ2v) is 12.6. The van der Waals surface area contributed by atoms with Gasteiger partial charge in [-0.15, -0.1) is 0 Å². The Morgan fingerprint density at radius 1 is 1.14 bits per heavy atom. The van der Waals surface area contributed by atoms with Gasteiger partial charge < -0.3 is 5.11 Å². The van der Waals surface area contributed by atoms with Gasteiger partial charge in [0, 0.05) is 24.8 Å². The Bertz CT molecular complexity index is 1820. The van der Waals surface area contributed by atoms with E-state index in [1.54, 1.807) is 60.7 Å². The van der Waals surface area contributed by atoms with Gasteiger partial charge in [0.25, 0.3) is 10.0 Å². The van der Waals surface area contributed by atoms with Crippen LogP contribution in [0.15, 0.2) is 63.1 Å². The molecule has 37 heavy (non-hydrogen) atoms. The largest absolute Gasteiger partial charge is 0.389 e. The van der Waals surface area contributed by atoms with E-state index in [2.05, 4.69) is 26.0 Å². The van der Waals surface area contributed by atoms with E-state index in [0.29, 0.717) is 32.1 Å². The van der Waals surface area contributed by atoms with E-state index in [0.717, 1.165) is 0 Å². The van der Waals surface area contributed by atoms with Crippen molar-refractivity contribution in [1.82, 2.24) is 27.9 Å². The van der Waals surface area contributed by atoms with Gasteiger partial charge in [0.05, 0.1) is 56.0 Å². The molecule has 10 nitrogen and oxygen atoms in total. The number of aryl methyl sites for hydroxylation is 1. The third-order valence-corrected chi connectivity index (χ3v) is 8.66. The Labute approximate surface area is 222 Å². The van der Waals surface area contributed by atoms with Gasteiger partial charge in [0.2, 0.25) is 0 Å². The fourth-order valence-corrected chi connectivity index (χ4v) is 7.03. The molecule has 1 N–H and O–H groups in total. The summed E-state index contributed by atoms with van der Waals surface area (Å²) >= 11 is 3.68. The van der Waals surface area contributed by atoms with Crippen LogP contribution in [0, 0.1) is 0 Å². The van der Waals surface area contributed by atoms with E-state index >= 15 is 0 Å². The molecule has 194 valence electrons. The summed E-state index contributed by atoms with van der Waals surface area (Å²) in [6.45, 7) is 7.36. The minimum Gasteiger partial charge on any atom is -0.389 e. The van der Waals surface area contributed by atoms with Crippen molar-refractivity contribution in [2.45, 2.75) is 50.8 Å². The summed E-state index contributed by atoms with van der Waals surface area (Å²) in [6, 6.07) is 7.95. The third-order valence-electron chi connectivity index (χ3n) is 6.18. The predicted molar refractivity (Wildman–Crippen MR) is 145 cm³/mol. The Morgan fingerprint density at radius 3 is 2.43 bits per heavy atom. The first-order valence-electron chi connectivity index (χ1n) is 11.7. The summed E-state index contributed by atoms with van der Waals surface area (Å²) < 4.78 is 34.6. The molecule has 0 unspecified atom stereocenters. The van der Waals surface area contributed by atoms with Crippen molar-refractivity contribution < 1.29 is 13.5 Å². The van der Waals surface area contributed by atoms with Gasteiger partial charge in [-0.05, 0) is 55.8 Å². The zero-order valence-electron chi connectivity index (χ0n) is 21.0. The molecule has 0 fully saturated rings. The molecule has 4 aromatic heterocycles. The van der Waals surface area contributed by atoms with Crippen molar-refractivity contribution in [1.29, 1.82) is 0 Å². The molecule has 0 aliphatic carbocycles. The SMILES string of the molecule is CC(C)n1c(=O)n(C)c2cnc3c(c(Br)c(-c4cnn(CC(C)(C)O)c4)n3S(=O)(=O)c3ccccc3)c21. The van der Waals surface area contributed by atoms with Crippen molar-refractivity contribution in [3.63, 3.8) is 0 Å². The van der Waals surface area contributed by atoms with E-state index < -0.39 is 15.6 Å². The molecule has 12 heteroatoms. The topological polar surface area (TPSA) is 117 Å². The van der Waals surface area contributed by atoms with Crippen molar-refractivity contribution in [3.05, 3.63) is 63.9 Å². The smallest absolute Gasteiger partial charge is 0.329 e. The number of imidazole rings is 1. The minimum atomic E-state index is -4.11. The first-order valence-corrected chi connectivity index (χ1v) is 13.9. The number of halogens is 1. The van der Waals surface area contributed by atoms with E-state index in [-0.39, 0.29) is 28.8 Å². The number of pyridine rings is 1. The lowest BCUT2D eigenvalue weighted by molar-refractivity contribution is 0.0577. The van der Waals surface area contributed by atoms with Gasteiger partial charge in [-0.2, -0.15) is 5.10 Å². The molecule has 0 aliphatic rings. The van der Waals surface area contributed by atoms with E-state index in [9.17, 15) is 18.3 Å². The Kier molecular flexibility index (Phi) is 5.96. The molecular formula is C25H27BrN6O4S. The zero-order chi connectivity index (χ0) is 26.9. The summed E-state index contributed by atoms with van der Waals surface area (Å²) in [5.74, 6) is 0. The van der Waals surface area contributed by atoms with Crippen LogP contribution in [0.1, 0.15) is 33.7 Å². The first-order chi connectivity index (χ1) is 17.3. The summed E-state index contributed by atoms with van der Waals surface area (Å²) in [7, 11) is -2.44. The van der Waals surface area contributed by atoms with Crippen molar-refractivity contribution in [3.8, 4) is 11.3 Å². The monoisotopic (exact) mass is 586 g/mol. The second kappa shape index (κ2) is 8.67. The average Bonchev–Trinajstić information content (AvgIpc) is 3.46. The highest BCUT2D eigenvalue weighted by Gasteiger charge is 2.32. The Hall–Kier alpha value is -3.22. The summed E-state index contributed by atoms with van der Waals surface area (Å²) in [6.07, 6.45) is 4.77. The van der Waals surface area contributed by atoms with Crippen LogP contribution in [-0.4, -0.2) is 47.0 Å². The van der Waals surface area contributed by atoms with Gasteiger partial charge >= 0.3 is 5.69 Å². The summed E-state index contributed by atoms with van der Waals surface area (Å²) in [5, 5.41) is 15.1. The number of aromatic nitrogens is 6. The number of hydrogen-bond acceptors (Lipinski definition) is 6. The summed E-state index contributed by atoms with van der Waals surface area (Å²) in [5.41, 5.74) is 0.965. The molecule has 5 rings (SSSR count). The summed E-state index contributed by atoms with van der Waals surface area (Å²) in [4.78, 5) is 17.8. The molecule has 0 spiro atoms. The molecule has 0 amide bonds. The quantitative estimate of drug-likeness (QED) is 0.322. The Morgan fingerprint density at radius 2 is 1.81 bits per heavy atom. The standard InChI is InChI=1S/C25H27BrN6O4S/c1-15(2)31-22-18(29(5)24(31)33)12-27-23-19(22)20(26)21(16-11-28-30(13-16)14-25(3,4)34)32(23)37(35,36)17-9-7-6-8-10-17/h6-13,15,34H,14H2,1-5H3. The fourth-order valence-electron chi connectivity index (χ4n) is 4.62. The molecule has 0 radical (unpaired) electrons. The van der Waals surface area contributed by atoms with Crippen molar-refractivity contribution >= 4 is 48.0 Å². The highest BCUT2D eigenvalue weighted by molar-refractivity contribution is 9.10. The van der Waals surface area contributed by atoms with Gasteiger partial charge in [-0.25, -0.2) is 22.2 Å². The lowest BCUT2D eigenvalue weighted by Gasteiger charge is -2.16. The highest BCUT2D eigenvalue weighted by Crippen LogP contribution is 2.42. The normalized spacial score (nSPS) is 12.9. The van der Waals surface area contributed by atoms with Crippen LogP contribution in [0.5, 0.6) is 0 Å². The maximum absolute atomic E-state index is 14.1. The molecule has 0 saturated heterocycles. The van der Waals surface area contributed by atoms with E-state index in [4.69, 9.17) is 0 Å². The van der Waals surface area contributed by atoms with E-state index in [1.807, 2.05) is 13.8 Å². The van der Waals surface area contributed by atoms with Crippen LogP contribution < -0.4 is 5.69 Å². The third kappa shape index (κ3) is 4.03. The molecule has 0 aliphatic heterocycles. The van der Waals surface area contributed by atoms with E-state index in [1.165, 1.54) is 26.9 Å². The highest BCUT2D eigenvalue weighted by atomic mass is 79.9. The van der Waals surface area contributed by atoms with Gasteiger partial charge in [0.15, 0.2) is 5.65 Å². The van der Waals surface area contributed by atoms with Crippen LogP contribution >= 0.6 is 15.9 Å². The molecule has 1 aromatic carbocycles. The number of rotatable bonds is 6. The first kappa shape index (κ1) is 25.4. The van der Waals surface area contributed by atoms with Crippen LogP contribution in [0.4, 0.5) is 0 Å². The molecular weight excluding hydrogens is 560 g/mol. The second-order valence-electron chi connectivity index (χ2n) is 9.98. The number of nitrogens with zero attached hydrogens (tertiary/aromatic N) is 6. The maximum atomic E-state index is 14.1. The van der Waals surface area contributed by atoms with Crippen molar-refractivity contribution in [2.24, 2.45) is 7.05 Å². The number of fused-ring (bicyclic) bond motifs is 3. The number of hydrogen-bond donors (Lipinski definition) is 1. The fraction of sp³-hybridized carbons (Fsp3) is 0.320. The lowest BCUT2D eigenvalue weighted by Crippen LogP contribution is -2.26. The lowest BCUT2D eigenvalue weighted by atomic mass is 10.1. The Balaban J connectivity index is 1.94. The average molecular weight is 588 g/mol. The van der Waals surface area contributed by atoms with Gasteiger partial charge in [-0.1, -0.05) is 18.2 Å². The molecule has 0 saturated carbocycles. The van der Waals surface area contributed by atoms with Crippen LogP contribution in [0.2, 0.25) is 0 Å². The maximum Gasteiger partial charge on any atom is 0.329 e. The van der Waals surface area contributed by atoms with Crippen LogP contribution in [-0.2, 0) is 23.6 Å². The molecule has 5 aromatic rings. The number of benzene rings is 1. The van der Waals surface area contributed by atoms with Crippen LogP contribution in [0.25, 0.3) is 33.3 Å². The minimum absolute atomic E-state index is 0.0979. The predicted octanol–water partition coefficient (Wildman–Crippen LogP) is 3.90. The van der Waals surface area contributed by atoms with Gasteiger partial charge in [0.1, 0.15) is 0 Å².